The van der Waals surface area contributed by atoms with Crippen molar-refractivity contribution in [3.05, 3.63) is 36.5 Å². The van der Waals surface area contributed by atoms with Gasteiger partial charge in [-0.2, -0.15) is 0 Å². The number of rotatable bonds is 43. The normalized spacial score (nSPS) is 21.7. The lowest BCUT2D eigenvalue weighted by molar-refractivity contribution is -0.220. The van der Waals surface area contributed by atoms with Crippen LogP contribution in [0.15, 0.2) is 36.5 Å². The lowest BCUT2D eigenvalue weighted by atomic mass is 9.85. The molecule has 65 heavy (non-hydrogen) atoms. The molecule has 14 heteroatoms. The van der Waals surface area contributed by atoms with Crippen LogP contribution in [0.2, 0.25) is 0 Å². The molecule has 1 rings (SSSR count). The number of hydrogen-bond donors (Lipinski definition) is 6. The monoisotopic (exact) mass is 945 g/mol. The van der Waals surface area contributed by atoms with E-state index in [1.807, 2.05) is 0 Å². The maximum absolute atomic E-state index is 12.8. The fraction of sp³-hybridized carbons (Fsp3) is 0.843. The van der Waals surface area contributed by atoms with E-state index in [9.17, 15) is 44.6 Å². The number of carbonyl (C=O) groups excluding carboxylic acids is 2. The summed E-state index contributed by atoms with van der Waals surface area (Å²) in [5.74, 6) is -1.13. The molecule has 0 bridgehead atoms. The highest BCUT2D eigenvalue weighted by molar-refractivity contribution is 7.47. The second kappa shape index (κ2) is 41.1. The SMILES string of the molecule is CCCCCCCC/C=C/C/C=C/CCCCC(=O)O[C@@H](COC(=O)CCCCCCCCCCCCC/C=C/CCCCCCCC)COP(=O)(O)OC1C(O)C(O)C(O)[C@H](O)C1O. The summed E-state index contributed by atoms with van der Waals surface area (Å²) >= 11 is 0. The second-order valence-corrected chi connectivity index (χ2v) is 19.4. The van der Waals surface area contributed by atoms with E-state index >= 15 is 0 Å². The Morgan fingerprint density at radius 2 is 0.831 bits per heavy atom. The number of esters is 2. The van der Waals surface area contributed by atoms with E-state index in [0.717, 1.165) is 44.9 Å². The van der Waals surface area contributed by atoms with Gasteiger partial charge in [0.15, 0.2) is 6.10 Å². The Balaban J connectivity index is 2.39. The average Bonchev–Trinajstić information content (AvgIpc) is 3.29. The first-order valence-corrected chi connectivity index (χ1v) is 27.3. The molecule has 0 aromatic carbocycles. The number of hydrogen-bond acceptors (Lipinski definition) is 12. The van der Waals surface area contributed by atoms with Crippen molar-refractivity contribution < 1.29 is 63.1 Å². The lowest BCUT2D eigenvalue weighted by Crippen LogP contribution is -2.64. The van der Waals surface area contributed by atoms with Crippen molar-refractivity contribution in [2.24, 2.45) is 0 Å². The van der Waals surface area contributed by atoms with Crippen LogP contribution in [0, 0.1) is 0 Å². The maximum atomic E-state index is 12.8. The maximum Gasteiger partial charge on any atom is 0.472 e. The molecule has 8 atom stereocenters. The zero-order valence-electron chi connectivity index (χ0n) is 40.5. The fourth-order valence-electron chi connectivity index (χ4n) is 7.78. The highest BCUT2D eigenvalue weighted by Gasteiger charge is 2.51. The van der Waals surface area contributed by atoms with Gasteiger partial charge in [-0.1, -0.05) is 172 Å². The molecule has 1 aliphatic carbocycles. The molecule has 6 unspecified atom stereocenters. The fourth-order valence-corrected chi connectivity index (χ4v) is 8.76. The summed E-state index contributed by atoms with van der Waals surface area (Å²) < 4.78 is 33.6. The number of phosphoric acid groups is 1. The number of aliphatic hydroxyl groups excluding tert-OH is 5. The van der Waals surface area contributed by atoms with Gasteiger partial charge in [0.2, 0.25) is 0 Å². The molecule has 0 heterocycles. The van der Waals surface area contributed by atoms with Crippen molar-refractivity contribution >= 4 is 19.8 Å². The van der Waals surface area contributed by atoms with Gasteiger partial charge >= 0.3 is 19.8 Å². The van der Waals surface area contributed by atoms with Crippen molar-refractivity contribution in [1.82, 2.24) is 0 Å². The van der Waals surface area contributed by atoms with Crippen LogP contribution in [0.1, 0.15) is 219 Å². The molecule has 0 saturated heterocycles. The van der Waals surface area contributed by atoms with Crippen molar-refractivity contribution in [3.63, 3.8) is 0 Å². The van der Waals surface area contributed by atoms with Gasteiger partial charge in [0.05, 0.1) is 6.61 Å². The van der Waals surface area contributed by atoms with Gasteiger partial charge in [0.25, 0.3) is 0 Å². The molecule has 0 amide bonds. The topological polar surface area (TPSA) is 210 Å². The van der Waals surface area contributed by atoms with Crippen LogP contribution in [0.5, 0.6) is 0 Å². The van der Waals surface area contributed by atoms with Crippen molar-refractivity contribution in [1.29, 1.82) is 0 Å². The van der Waals surface area contributed by atoms with Gasteiger partial charge in [0.1, 0.15) is 43.2 Å². The number of phosphoric ester groups is 1. The average molecular weight is 945 g/mol. The van der Waals surface area contributed by atoms with Crippen LogP contribution < -0.4 is 0 Å². The molecule has 13 nitrogen and oxygen atoms in total. The smallest absolute Gasteiger partial charge is 0.462 e. The largest absolute Gasteiger partial charge is 0.472 e. The van der Waals surface area contributed by atoms with Crippen LogP contribution in [0.4, 0.5) is 0 Å². The molecule has 0 spiro atoms. The molecule has 0 radical (unpaired) electrons. The highest BCUT2D eigenvalue weighted by Crippen LogP contribution is 2.47. The summed E-state index contributed by atoms with van der Waals surface area (Å²) in [6.07, 6.45) is 34.9. The summed E-state index contributed by atoms with van der Waals surface area (Å²) in [6, 6.07) is 0. The summed E-state index contributed by atoms with van der Waals surface area (Å²) in [7, 11) is -5.13. The standard InChI is InChI=1S/C51H93O13P/c1-3-5-7-9-11-13-15-17-19-20-21-22-23-24-26-27-29-31-33-35-37-39-44(52)61-41-43(42-62-65(59,60)64-51-49(57)47(55)46(54)48(56)50(51)58)63-45(53)40-38-36-34-32-30-28-25-18-16-14-12-10-8-6-4-2/h17-19,25,30,32,43,46-51,54-58H,3-16,20-24,26-29,31,33-42H2,1-2H3,(H,59,60)/b19-17+,25-18+,32-30+/t43-,46?,47-,48?,49?,50?,51?/m0/s1. The molecule has 0 aromatic heterocycles. The molecular formula is C51H93O13P. The van der Waals surface area contributed by atoms with Gasteiger partial charge < -0.3 is 39.9 Å². The molecule has 380 valence electrons. The Morgan fingerprint density at radius 3 is 1.29 bits per heavy atom. The first kappa shape index (κ1) is 61.1. The Labute approximate surface area is 393 Å². The lowest BCUT2D eigenvalue weighted by Gasteiger charge is -2.41. The van der Waals surface area contributed by atoms with Crippen LogP contribution in [0.3, 0.4) is 0 Å². The molecule has 1 saturated carbocycles. The minimum atomic E-state index is -5.13. The van der Waals surface area contributed by atoms with Gasteiger partial charge in [0, 0.05) is 12.8 Å². The quantitative estimate of drug-likeness (QED) is 0.0146. The van der Waals surface area contributed by atoms with Gasteiger partial charge in [-0.25, -0.2) is 4.57 Å². The minimum absolute atomic E-state index is 0.0551. The first-order valence-electron chi connectivity index (χ1n) is 25.8. The van der Waals surface area contributed by atoms with E-state index in [1.165, 1.54) is 135 Å². The van der Waals surface area contributed by atoms with Crippen LogP contribution in [-0.2, 0) is 32.7 Å². The predicted molar refractivity (Wildman–Crippen MR) is 258 cm³/mol. The third-order valence-corrected chi connectivity index (χ3v) is 12.9. The zero-order chi connectivity index (χ0) is 47.8. The number of allylic oxidation sites excluding steroid dienone is 6. The highest BCUT2D eigenvalue weighted by atomic mass is 31.2. The van der Waals surface area contributed by atoms with E-state index in [4.69, 9.17) is 18.5 Å². The van der Waals surface area contributed by atoms with E-state index in [0.29, 0.717) is 12.8 Å². The molecule has 1 aliphatic rings. The van der Waals surface area contributed by atoms with Crippen molar-refractivity contribution in [2.75, 3.05) is 13.2 Å². The first-order chi connectivity index (χ1) is 31.4. The van der Waals surface area contributed by atoms with Crippen molar-refractivity contribution in [3.8, 4) is 0 Å². The van der Waals surface area contributed by atoms with E-state index in [1.54, 1.807) is 0 Å². The third kappa shape index (κ3) is 33.3. The third-order valence-electron chi connectivity index (χ3n) is 12.0. The van der Waals surface area contributed by atoms with Gasteiger partial charge in [-0.3, -0.25) is 18.6 Å². The van der Waals surface area contributed by atoms with E-state index in [-0.39, 0.29) is 12.8 Å². The number of ether oxygens (including phenoxy) is 2. The molecule has 0 aliphatic heterocycles. The van der Waals surface area contributed by atoms with Crippen molar-refractivity contribution in [2.45, 2.75) is 262 Å². The minimum Gasteiger partial charge on any atom is -0.462 e. The molecule has 0 aromatic rings. The number of aliphatic hydroxyl groups is 5. The summed E-state index contributed by atoms with van der Waals surface area (Å²) in [6.45, 7) is 3.28. The molecule has 6 N–H and O–H groups in total. The van der Waals surface area contributed by atoms with E-state index < -0.39 is 75.7 Å². The van der Waals surface area contributed by atoms with E-state index in [2.05, 4.69) is 50.3 Å². The Hall–Kier alpha value is -1.93. The number of unbranched alkanes of at least 4 members (excludes halogenated alkanes) is 25. The second-order valence-electron chi connectivity index (χ2n) is 18.0. The van der Waals surface area contributed by atoms with Gasteiger partial charge in [-0.15, -0.1) is 0 Å². The predicted octanol–water partition coefficient (Wildman–Crippen LogP) is 11.0. The zero-order valence-corrected chi connectivity index (χ0v) is 41.4. The van der Waals surface area contributed by atoms with Crippen LogP contribution in [0.25, 0.3) is 0 Å². The Bertz CT molecular complexity index is 1280. The Kier molecular flexibility index (Phi) is 38.6. The van der Waals surface area contributed by atoms with Crippen LogP contribution >= 0.6 is 7.82 Å². The molecule has 1 fully saturated rings. The Morgan fingerprint density at radius 1 is 0.477 bits per heavy atom. The summed E-state index contributed by atoms with van der Waals surface area (Å²) in [5, 5.41) is 50.2. The van der Waals surface area contributed by atoms with Crippen LogP contribution in [-0.4, -0.2) is 98.3 Å². The summed E-state index contributed by atoms with van der Waals surface area (Å²) in [4.78, 5) is 35.8. The number of carbonyl (C=O) groups is 2. The summed E-state index contributed by atoms with van der Waals surface area (Å²) in [5.41, 5.74) is 0. The van der Waals surface area contributed by atoms with Gasteiger partial charge in [-0.05, 0) is 70.6 Å². The molecular weight excluding hydrogens is 852 g/mol.